The fourth-order valence-electron chi connectivity index (χ4n) is 3.11. The van der Waals surface area contributed by atoms with Crippen LogP contribution in [0.25, 0.3) is 0 Å². The lowest BCUT2D eigenvalue weighted by Crippen LogP contribution is -3.00. The van der Waals surface area contributed by atoms with Gasteiger partial charge in [-0.25, -0.2) is 0 Å². The molecule has 0 unspecified atom stereocenters. The SMILES string of the molecule is CO/C=C/C[P+](c1ccccc1)(c1ccccc1)c1ccccc1.[Br-]. The normalized spacial score (nSPS) is 11.1. The zero-order chi connectivity index (χ0) is 16.7. The van der Waals surface area contributed by atoms with E-state index in [1.165, 1.54) is 15.9 Å². The van der Waals surface area contributed by atoms with E-state index in [-0.39, 0.29) is 17.0 Å². The summed E-state index contributed by atoms with van der Waals surface area (Å²) >= 11 is 0. The van der Waals surface area contributed by atoms with Gasteiger partial charge in [-0.3, -0.25) is 0 Å². The molecule has 0 aliphatic heterocycles. The van der Waals surface area contributed by atoms with E-state index in [0.717, 1.165) is 6.16 Å². The Balaban J connectivity index is 0.00000225. The van der Waals surface area contributed by atoms with Crippen molar-refractivity contribution in [3.8, 4) is 0 Å². The van der Waals surface area contributed by atoms with Gasteiger partial charge in [-0.05, 0) is 42.5 Å². The summed E-state index contributed by atoms with van der Waals surface area (Å²) in [4.78, 5) is 0. The van der Waals surface area contributed by atoms with Crippen LogP contribution in [0.1, 0.15) is 0 Å². The van der Waals surface area contributed by atoms with Crippen molar-refractivity contribution in [3.63, 3.8) is 0 Å². The molecule has 128 valence electrons. The van der Waals surface area contributed by atoms with Crippen molar-refractivity contribution in [2.75, 3.05) is 13.3 Å². The van der Waals surface area contributed by atoms with E-state index in [4.69, 9.17) is 4.74 Å². The second-order valence-corrected chi connectivity index (χ2v) is 9.14. The van der Waals surface area contributed by atoms with Gasteiger partial charge in [0, 0.05) is 0 Å². The monoisotopic (exact) mass is 412 g/mol. The van der Waals surface area contributed by atoms with Crippen LogP contribution in [0.5, 0.6) is 0 Å². The highest BCUT2D eigenvalue weighted by Crippen LogP contribution is 2.55. The highest BCUT2D eigenvalue weighted by atomic mass is 79.9. The minimum atomic E-state index is -1.75. The standard InChI is InChI=1S/C22H22OP.BrH/c1-23-18-11-19-24(20-12-5-2-6-13-20,21-14-7-3-8-15-21)22-16-9-4-10-17-22;/h2-18H,19H2,1H3;1H/q+1;/p-1/b18-11+;. The van der Waals surface area contributed by atoms with Crippen molar-refractivity contribution in [2.45, 2.75) is 0 Å². The van der Waals surface area contributed by atoms with E-state index >= 15 is 0 Å². The van der Waals surface area contributed by atoms with E-state index in [1.54, 1.807) is 13.4 Å². The summed E-state index contributed by atoms with van der Waals surface area (Å²) < 4.78 is 5.18. The van der Waals surface area contributed by atoms with E-state index in [9.17, 15) is 0 Å². The summed E-state index contributed by atoms with van der Waals surface area (Å²) in [7, 11) is -0.0512. The Bertz CT molecular complexity index is 676. The molecule has 3 aromatic carbocycles. The van der Waals surface area contributed by atoms with Crippen LogP contribution < -0.4 is 32.9 Å². The van der Waals surface area contributed by atoms with Crippen molar-refractivity contribution in [2.24, 2.45) is 0 Å². The molecule has 3 aromatic rings. The second kappa shape index (κ2) is 9.56. The highest BCUT2D eigenvalue weighted by Gasteiger charge is 2.44. The summed E-state index contributed by atoms with van der Waals surface area (Å²) in [6.07, 6.45) is 4.89. The maximum atomic E-state index is 5.18. The Kier molecular flexibility index (Phi) is 7.43. The molecule has 0 saturated heterocycles. The lowest BCUT2D eigenvalue weighted by molar-refractivity contribution is -0.00000495. The van der Waals surface area contributed by atoms with Gasteiger partial charge < -0.3 is 21.7 Å². The molecule has 0 heterocycles. The van der Waals surface area contributed by atoms with Gasteiger partial charge in [0.2, 0.25) is 0 Å². The molecule has 3 heteroatoms. The molecule has 25 heavy (non-hydrogen) atoms. The number of benzene rings is 3. The Morgan fingerprint density at radius 2 is 1.04 bits per heavy atom. The van der Waals surface area contributed by atoms with Gasteiger partial charge in [-0.2, -0.15) is 0 Å². The molecule has 3 rings (SSSR count). The largest absolute Gasteiger partial charge is 1.00 e. The molecule has 0 amide bonds. The van der Waals surface area contributed by atoms with Gasteiger partial charge in [-0.1, -0.05) is 54.6 Å². The molecule has 0 fully saturated rings. The van der Waals surface area contributed by atoms with Gasteiger partial charge >= 0.3 is 0 Å². The maximum Gasteiger partial charge on any atom is 0.116 e. The first-order valence-electron chi connectivity index (χ1n) is 8.10. The first-order valence-corrected chi connectivity index (χ1v) is 10.1. The quantitative estimate of drug-likeness (QED) is 0.435. The van der Waals surface area contributed by atoms with Crippen molar-refractivity contribution in [1.29, 1.82) is 0 Å². The van der Waals surface area contributed by atoms with Crippen molar-refractivity contribution >= 4 is 23.2 Å². The number of rotatable bonds is 6. The molecule has 0 spiro atoms. The van der Waals surface area contributed by atoms with Crippen LogP contribution >= 0.6 is 7.26 Å². The molecule has 0 N–H and O–H groups in total. The summed E-state index contributed by atoms with van der Waals surface area (Å²) in [5.41, 5.74) is 0. The number of hydrogen-bond acceptors (Lipinski definition) is 1. The first kappa shape index (κ1) is 19.4. The minimum absolute atomic E-state index is 0. The van der Waals surface area contributed by atoms with Crippen LogP contribution in [0.4, 0.5) is 0 Å². The number of hydrogen-bond donors (Lipinski definition) is 0. The summed E-state index contributed by atoms with van der Waals surface area (Å²) in [5.74, 6) is 0. The van der Waals surface area contributed by atoms with Crippen LogP contribution in [0.15, 0.2) is 103 Å². The summed E-state index contributed by atoms with van der Waals surface area (Å²) in [5, 5.41) is 4.18. The van der Waals surface area contributed by atoms with Gasteiger partial charge in [0.15, 0.2) is 0 Å². The first-order chi connectivity index (χ1) is 11.9. The van der Waals surface area contributed by atoms with Gasteiger partial charge in [0.1, 0.15) is 23.2 Å². The zero-order valence-electron chi connectivity index (χ0n) is 14.3. The Labute approximate surface area is 161 Å². The summed E-state index contributed by atoms with van der Waals surface area (Å²) in [6, 6.07) is 32.6. The molecule has 1 nitrogen and oxygen atoms in total. The lowest BCUT2D eigenvalue weighted by atomic mass is 10.4. The van der Waals surface area contributed by atoms with Crippen LogP contribution in [-0.2, 0) is 4.74 Å². The smallest absolute Gasteiger partial charge is 0.116 e. The Morgan fingerprint density at radius 1 is 0.680 bits per heavy atom. The average Bonchev–Trinajstić information content (AvgIpc) is 2.68. The summed E-state index contributed by atoms with van der Waals surface area (Å²) in [6.45, 7) is 0. The second-order valence-electron chi connectivity index (χ2n) is 5.61. The Hall–Kier alpha value is -1.89. The van der Waals surface area contributed by atoms with Crippen LogP contribution in [0.2, 0.25) is 0 Å². The topological polar surface area (TPSA) is 9.23 Å². The molecule has 0 saturated carbocycles. The van der Waals surface area contributed by atoms with Crippen molar-refractivity contribution in [3.05, 3.63) is 103 Å². The minimum Gasteiger partial charge on any atom is -1.00 e. The molecular formula is C22H22BrOP. The fraction of sp³-hybridized carbons (Fsp3) is 0.0909. The average molecular weight is 413 g/mol. The third kappa shape index (κ3) is 4.21. The molecule has 0 bridgehead atoms. The molecule has 0 aliphatic rings. The lowest BCUT2D eigenvalue weighted by Gasteiger charge is -2.26. The van der Waals surface area contributed by atoms with Crippen molar-refractivity contribution in [1.82, 2.24) is 0 Å². The van der Waals surface area contributed by atoms with Gasteiger partial charge in [0.05, 0.1) is 19.5 Å². The maximum absolute atomic E-state index is 5.18. The highest BCUT2D eigenvalue weighted by molar-refractivity contribution is 7.95. The molecule has 0 atom stereocenters. The Morgan fingerprint density at radius 3 is 1.36 bits per heavy atom. The molecular weight excluding hydrogens is 391 g/mol. The van der Waals surface area contributed by atoms with E-state index in [1.807, 2.05) is 0 Å². The van der Waals surface area contributed by atoms with Crippen molar-refractivity contribution < 1.29 is 21.7 Å². The predicted molar refractivity (Wildman–Crippen MR) is 106 cm³/mol. The van der Waals surface area contributed by atoms with Gasteiger partial charge in [0.25, 0.3) is 0 Å². The third-order valence-corrected chi connectivity index (χ3v) is 8.50. The number of halogens is 1. The molecule has 0 aliphatic carbocycles. The predicted octanol–water partition coefficient (Wildman–Crippen LogP) is 1.14. The van der Waals surface area contributed by atoms with E-state index in [0.29, 0.717) is 0 Å². The van der Waals surface area contributed by atoms with E-state index < -0.39 is 7.26 Å². The van der Waals surface area contributed by atoms with Gasteiger partial charge in [-0.15, -0.1) is 0 Å². The van der Waals surface area contributed by atoms with E-state index in [2.05, 4.69) is 97.1 Å². The molecule has 0 radical (unpaired) electrons. The van der Waals surface area contributed by atoms with Crippen LogP contribution in [-0.4, -0.2) is 13.3 Å². The number of allylic oxidation sites excluding steroid dienone is 1. The van der Waals surface area contributed by atoms with Crippen LogP contribution in [0.3, 0.4) is 0 Å². The number of ether oxygens (including phenoxy) is 1. The fourth-order valence-corrected chi connectivity index (χ4v) is 7.08. The zero-order valence-corrected chi connectivity index (χ0v) is 16.7. The number of methoxy groups -OCH3 is 1. The molecule has 0 aromatic heterocycles. The third-order valence-electron chi connectivity index (χ3n) is 4.20. The van der Waals surface area contributed by atoms with Crippen LogP contribution in [0, 0.1) is 0 Å².